The van der Waals surface area contributed by atoms with Gasteiger partial charge in [-0.2, -0.15) is 5.26 Å². The molecule has 4 nitrogen and oxygen atoms in total. The third-order valence-electron chi connectivity index (χ3n) is 2.64. The van der Waals surface area contributed by atoms with Gasteiger partial charge >= 0.3 is 0 Å². The van der Waals surface area contributed by atoms with Gasteiger partial charge in [0.15, 0.2) is 9.84 Å². The largest absolute Gasteiger partial charge is 0.301 e. The molecule has 0 saturated heterocycles. The van der Waals surface area contributed by atoms with Crippen molar-refractivity contribution in [3.05, 3.63) is 29.8 Å². The van der Waals surface area contributed by atoms with Crippen LogP contribution in [0.4, 0.5) is 0 Å². The summed E-state index contributed by atoms with van der Waals surface area (Å²) in [5, 5.41) is 11.7. The van der Waals surface area contributed by atoms with E-state index in [0.717, 1.165) is 0 Å². The van der Waals surface area contributed by atoms with Gasteiger partial charge in [0.25, 0.3) is 0 Å². The zero-order valence-corrected chi connectivity index (χ0v) is 11.8. The van der Waals surface area contributed by atoms with Crippen molar-refractivity contribution in [2.75, 3.05) is 12.3 Å². The van der Waals surface area contributed by atoms with Gasteiger partial charge in [0, 0.05) is 6.54 Å². The zero-order chi connectivity index (χ0) is 14.5. The fourth-order valence-electron chi connectivity index (χ4n) is 1.40. The predicted octanol–water partition coefficient (Wildman–Crippen LogP) is 1.33. The Labute approximate surface area is 114 Å². The van der Waals surface area contributed by atoms with Gasteiger partial charge in [0.1, 0.15) is 0 Å². The van der Waals surface area contributed by atoms with Crippen LogP contribution in [0.3, 0.4) is 0 Å². The highest BCUT2D eigenvalue weighted by Crippen LogP contribution is 2.12. The fourth-order valence-corrected chi connectivity index (χ4v) is 2.56. The number of terminal acetylenes is 1. The van der Waals surface area contributed by atoms with Crippen LogP contribution >= 0.6 is 0 Å². The Morgan fingerprint density at radius 3 is 2.37 bits per heavy atom. The first kappa shape index (κ1) is 15.2. The molecule has 0 aliphatic carbocycles. The minimum absolute atomic E-state index is 0.0377. The van der Waals surface area contributed by atoms with Crippen LogP contribution in [-0.2, 0) is 9.84 Å². The summed E-state index contributed by atoms with van der Waals surface area (Å²) in [4.78, 5) is 0.215. The van der Waals surface area contributed by atoms with Crippen LogP contribution in [0.2, 0.25) is 0 Å². The summed E-state index contributed by atoms with van der Waals surface area (Å²) in [5.74, 6) is 2.50. The van der Waals surface area contributed by atoms with Crippen LogP contribution in [0.5, 0.6) is 0 Å². The zero-order valence-electron chi connectivity index (χ0n) is 11.0. The van der Waals surface area contributed by atoms with Gasteiger partial charge < -0.3 is 5.32 Å². The normalized spacial score (nSPS) is 11.6. The Hall–Kier alpha value is -1.82. The molecule has 19 heavy (non-hydrogen) atoms. The molecule has 5 heteroatoms. The first-order chi connectivity index (χ1) is 8.80. The first-order valence-corrected chi connectivity index (χ1v) is 7.42. The van der Waals surface area contributed by atoms with E-state index in [1.165, 1.54) is 24.3 Å². The van der Waals surface area contributed by atoms with Crippen molar-refractivity contribution in [2.24, 2.45) is 0 Å². The highest BCUT2D eigenvalue weighted by molar-refractivity contribution is 7.91. The van der Waals surface area contributed by atoms with Crippen LogP contribution in [0, 0.1) is 23.7 Å². The molecule has 0 aliphatic heterocycles. The quantitative estimate of drug-likeness (QED) is 0.824. The SMILES string of the molecule is C#CC(C)(C)NCCS(=O)(=O)c1ccc(C#N)cc1. The molecule has 0 amide bonds. The summed E-state index contributed by atoms with van der Waals surface area (Å²) in [6.45, 7) is 3.89. The van der Waals surface area contributed by atoms with Crippen molar-refractivity contribution < 1.29 is 8.42 Å². The highest BCUT2D eigenvalue weighted by Gasteiger charge is 2.17. The van der Waals surface area contributed by atoms with Gasteiger partial charge in [-0.3, -0.25) is 0 Å². The van der Waals surface area contributed by atoms with E-state index in [9.17, 15) is 8.42 Å². The lowest BCUT2D eigenvalue weighted by Crippen LogP contribution is -2.40. The van der Waals surface area contributed by atoms with Crippen LogP contribution in [0.25, 0.3) is 0 Å². The molecule has 0 unspecified atom stereocenters. The number of sulfone groups is 1. The molecule has 0 saturated carbocycles. The van der Waals surface area contributed by atoms with E-state index in [2.05, 4.69) is 11.2 Å². The Kier molecular flexibility index (Phi) is 4.72. The van der Waals surface area contributed by atoms with Gasteiger partial charge in [-0.05, 0) is 38.1 Å². The fraction of sp³-hybridized carbons (Fsp3) is 0.357. The van der Waals surface area contributed by atoms with Gasteiger partial charge in [0.2, 0.25) is 0 Å². The molecular weight excluding hydrogens is 260 g/mol. The molecular formula is C14H16N2O2S. The van der Waals surface area contributed by atoms with Crippen molar-refractivity contribution in [3.63, 3.8) is 0 Å². The molecule has 1 N–H and O–H groups in total. The van der Waals surface area contributed by atoms with Crippen molar-refractivity contribution in [3.8, 4) is 18.4 Å². The van der Waals surface area contributed by atoms with Crippen molar-refractivity contribution in [1.29, 1.82) is 5.26 Å². The van der Waals surface area contributed by atoms with E-state index in [1.54, 1.807) is 13.8 Å². The third-order valence-corrected chi connectivity index (χ3v) is 4.37. The van der Waals surface area contributed by atoms with Crippen molar-refractivity contribution in [1.82, 2.24) is 5.32 Å². The molecule has 1 aromatic rings. The van der Waals surface area contributed by atoms with Crippen LogP contribution in [0.15, 0.2) is 29.2 Å². The van der Waals surface area contributed by atoms with E-state index < -0.39 is 15.4 Å². The molecule has 0 aromatic heterocycles. The molecule has 0 aliphatic rings. The van der Waals surface area contributed by atoms with Crippen LogP contribution in [-0.4, -0.2) is 26.3 Å². The van der Waals surface area contributed by atoms with E-state index in [1.807, 2.05) is 6.07 Å². The Morgan fingerprint density at radius 1 is 1.32 bits per heavy atom. The minimum Gasteiger partial charge on any atom is -0.301 e. The van der Waals surface area contributed by atoms with E-state index in [-0.39, 0.29) is 17.2 Å². The lowest BCUT2D eigenvalue weighted by atomic mass is 10.1. The lowest BCUT2D eigenvalue weighted by Gasteiger charge is -2.19. The first-order valence-electron chi connectivity index (χ1n) is 5.76. The summed E-state index contributed by atoms with van der Waals surface area (Å²) in [7, 11) is -3.36. The third kappa shape index (κ3) is 4.40. The maximum Gasteiger partial charge on any atom is 0.179 e. The lowest BCUT2D eigenvalue weighted by molar-refractivity contribution is 0.506. The molecule has 0 fully saturated rings. The average Bonchev–Trinajstić information content (AvgIpc) is 2.38. The number of hydrogen-bond donors (Lipinski definition) is 1. The van der Waals surface area contributed by atoms with Gasteiger partial charge in [-0.1, -0.05) is 5.92 Å². The molecule has 100 valence electrons. The van der Waals surface area contributed by atoms with Crippen LogP contribution in [0.1, 0.15) is 19.4 Å². The standard InChI is InChI=1S/C14H16N2O2S/c1-4-14(2,3)16-9-10-19(17,18)13-7-5-12(11-15)6-8-13/h1,5-8,16H,9-10H2,2-3H3. The minimum atomic E-state index is -3.36. The summed E-state index contributed by atoms with van der Waals surface area (Å²) >= 11 is 0. The summed E-state index contributed by atoms with van der Waals surface area (Å²) in [6, 6.07) is 7.82. The Balaban J connectivity index is 2.72. The van der Waals surface area contributed by atoms with Crippen LogP contribution < -0.4 is 5.32 Å². The maximum absolute atomic E-state index is 12.0. The van der Waals surface area contributed by atoms with Gasteiger partial charge in [-0.15, -0.1) is 6.42 Å². The summed E-state index contributed by atoms with van der Waals surface area (Å²) < 4.78 is 24.1. The smallest absolute Gasteiger partial charge is 0.179 e. The maximum atomic E-state index is 12.0. The van der Waals surface area contributed by atoms with Gasteiger partial charge in [0.05, 0.1) is 27.8 Å². The second-order valence-corrected chi connectivity index (χ2v) is 6.76. The topological polar surface area (TPSA) is 70.0 Å². The summed E-state index contributed by atoms with van der Waals surface area (Å²) in [5.41, 5.74) is -0.0919. The molecule has 0 radical (unpaired) electrons. The highest BCUT2D eigenvalue weighted by atomic mass is 32.2. The molecule has 1 aromatic carbocycles. The Bertz CT molecular complexity index is 617. The predicted molar refractivity (Wildman–Crippen MR) is 74.1 cm³/mol. The van der Waals surface area contributed by atoms with E-state index in [0.29, 0.717) is 5.56 Å². The van der Waals surface area contributed by atoms with Crippen molar-refractivity contribution >= 4 is 9.84 Å². The Morgan fingerprint density at radius 2 is 1.89 bits per heavy atom. The van der Waals surface area contributed by atoms with E-state index >= 15 is 0 Å². The molecule has 0 spiro atoms. The molecule has 1 rings (SSSR count). The molecule has 0 bridgehead atoms. The van der Waals surface area contributed by atoms with Gasteiger partial charge in [-0.25, -0.2) is 8.42 Å². The second kappa shape index (κ2) is 5.88. The monoisotopic (exact) mass is 276 g/mol. The number of nitriles is 1. The number of benzene rings is 1. The number of rotatable bonds is 5. The molecule has 0 atom stereocenters. The summed E-state index contributed by atoms with van der Waals surface area (Å²) in [6.07, 6.45) is 5.31. The number of nitrogens with zero attached hydrogens (tertiary/aromatic N) is 1. The number of hydrogen-bond acceptors (Lipinski definition) is 4. The second-order valence-electron chi connectivity index (χ2n) is 4.65. The van der Waals surface area contributed by atoms with Crippen molar-refractivity contribution in [2.45, 2.75) is 24.3 Å². The average molecular weight is 276 g/mol. The molecule has 0 heterocycles. The number of nitrogens with one attached hydrogen (secondary N) is 1. The van der Waals surface area contributed by atoms with E-state index in [4.69, 9.17) is 11.7 Å².